The van der Waals surface area contributed by atoms with E-state index in [-0.39, 0.29) is 61.2 Å². The Labute approximate surface area is 404 Å². The fraction of sp³-hybridized carbons (Fsp3) is 0.0370. The van der Waals surface area contributed by atoms with Crippen molar-refractivity contribution in [1.82, 2.24) is 19.9 Å². The number of nitrogens with zero attached hydrogens (tertiary/aromatic N) is 5. The average molecular weight is 1050 g/mol. The topological polar surface area (TPSA) is 57.2 Å². The van der Waals surface area contributed by atoms with Crippen LogP contribution in [-0.4, -0.2) is 9.97 Å². The SMILES string of the molecule is FC(F)(F)c1ccccc1-c1c2nc(c(/C=C/c3ccc(N(c4ccccc4)c4ccccc4)cc3)c3ccc([n-]3)c(-c3ccccc3C(F)(F)F)c3nc(c(I)c4ccc1[n-]4)C=C3)C=C2.[Ni+2]. The minimum atomic E-state index is -4.69. The smallest absolute Gasteiger partial charge is 0.657 e. The summed E-state index contributed by atoms with van der Waals surface area (Å²) in [6.07, 6.45) is 0.968. The van der Waals surface area contributed by atoms with E-state index >= 15 is 0 Å². The van der Waals surface area contributed by atoms with E-state index in [0.717, 1.165) is 34.8 Å². The molecule has 13 heteroatoms. The summed E-state index contributed by atoms with van der Waals surface area (Å²) in [6.45, 7) is 0. The predicted octanol–water partition coefficient (Wildman–Crippen LogP) is 15.5. The van der Waals surface area contributed by atoms with Gasteiger partial charge in [0.1, 0.15) is 0 Å². The summed E-state index contributed by atoms with van der Waals surface area (Å²) in [6, 6.07) is 45.2. The Morgan fingerprint density at radius 3 is 1.39 bits per heavy atom. The first-order valence-electron chi connectivity index (χ1n) is 20.6. The van der Waals surface area contributed by atoms with Crippen LogP contribution < -0.4 is 14.9 Å². The third-order valence-electron chi connectivity index (χ3n) is 11.2. The van der Waals surface area contributed by atoms with E-state index in [4.69, 9.17) is 19.9 Å². The van der Waals surface area contributed by atoms with E-state index in [1.807, 2.05) is 97.1 Å². The van der Waals surface area contributed by atoms with Crippen LogP contribution >= 0.6 is 22.6 Å². The van der Waals surface area contributed by atoms with E-state index in [1.54, 1.807) is 60.7 Å². The molecule has 0 atom stereocenters. The molecule has 0 N–H and O–H groups in total. The normalized spacial score (nSPS) is 12.4. The maximum absolute atomic E-state index is 14.7. The molecular weight excluding hydrogens is 1020 g/mol. The number of benzene rings is 5. The van der Waals surface area contributed by atoms with Crippen molar-refractivity contribution in [3.05, 3.63) is 206 Å². The van der Waals surface area contributed by atoms with Gasteiger partial charge in [-0.25, -0.2) is 9.97 Å². The van der Waals surface area contributed by atoms with Gasteiger partial charge in [-0.05, 0) is 129 Å². The van der Waals surface area contributed by atoms with Gasteiger partial charge < -0.3 is 14.9 Å². The summed E-state index contributed by atoms with van der Waals surface area (Å²) in [5, 5.41) is 0. The van der Waals surface area contributed by atoms with Gasteiger partial charge in [0.05, 0.1) is 33.9 Å². The summed E-state index contributed by atoms with van der Waals surface area (Å²) in [5.41, 5.74) is 5.12. The van der Waals surface area contributed by atoms with Gasteiger partial charge in [0.2, 0.25) is 0 Å². The Balaban J connectivity index is 0.00000562. The minimum absolute atomic E-state index is 0. The molecule has 8 bridgehead atoms. The minimum Gasteiger partial charge on any atom is -0.657 e. The number of fused-ring (bicyclic) bond motifs is 8. The first kappa shape index (κ1) is 45.2. The molecule has 0 spiro atoms. The predicted molar refractivity (Wildman–Crippen MR) is 260 cm³/mol. The first-order valence-corrected chi connectivity index (χ1v) is 21.7. The molecule has 0 radical (unpaired) electrons. The van der Waals surface area contributed by atoms with Crippen molar-refractivity contribution in [3.8, 4) is 22.3 Å². The van der Waals surface area contributed by atoms with Gasteiger partial charge in [-0.1, -0.05) is 121 Å². The van der Waals surface area contributed by atoms with Gasteiger partial charge in [-0.15, -0.1) is 22.1 Å². The fourth-order valence-corrected chi connectivity index (χ4v) is 8.81. The molecule has 0 unspecified atom stereocenters. The van der Waals surface area contributed by atoms with Crippen LogP contribution in [0.2, 0.25) is 0 Å². The van der Waals surface area contributed by atoms with Crippen LogP contribution in [-0.2, 0) is 28.8 Å². The molecule has 0 amide bonds. The van der Waals surface area contributed by atoms with Crippen molar-refractivity contribution in [2.75, 3.05) is 4.90 Å². The molecule has 10 rings (SSSR count). The van der Waals surface area contributed by atoms with Gasteiger partial charge in [-0.3, -0.25) is 0 Å². The van der Waals surface area contributed by atoms with E-state index < -0.39 is 23.5 Å². The Morgan fingerprint density at radius 1 is 0.433 bits per heavy atom. The third-order valence-corrected chi connectivity index (χ3v) is 12.3. The number of aromatic nitrogens is 4. The van der Waals surface area contributed by atoms with Crippen LogP contribution in [0.4, 0.5) is 43.4 Å². The van der Waals surface area contributed by atoms with E-state index in [0.29, 0.717) is 31.6 Å². The Morgan fingerprint density at radius 2 is 0.851 bits per heavy atom. The second-order valence-corrected chi connectivity index (χ2v) is 16.4. The third kappa shape index (κ3) is 9.01. The zero-order chi connectivity index (χ0) is 45.6. The van der Waals surface area contributed by atoms with Crippen molar-refractivity contribution in [3.63, 3.8) is 0 Å². The molecule has 2 aliphatic heterocycles. The van der Waals surface area contributed by atoms with E-state index in [1.165, 1.54) is 24.3 Å². The largest absolute Gasteiger partial charge is 2.00 e. The summed E-state index contributed by atoms with van der Waals surface area (Å²) in [4.78, 5) is 21.8. The van der Waals surface area contributed by atoms with Gasteiger partial charge in [0.25, 0.3) is 0 Å². The standard InChI is InChI=1S/C54H32F6IN5.Ni/c55-53(56,57)40-17-9-7-15-37(40)50-44-27-25-42(62-44)39(24-21-33-19-22-36(23-20-33)66(34-11-3-1-4-12-34)35-13-5-2-6-14-35)43-26-28-45(63-43)51(38-16-8-10-18-41(38)54(58,59)60)47-30-32-49(65-47)52(61)48-31-29-46(50)64-48;/h1-32H;/q-2;+2/b24-21+,42-39?,43-39?,50-44?,50-46?,51-45?,51-47?,52-48?,52-49?;. The Hall–Kier alpha value is -6.96. The molecule has 3 aromatic heterocycles. The fourth-order valence-electron chi connectivity index (χ4n) is 8.21. The molecule has 5 heterocycles. The summed E-state index contributed by atoms with van der Waals surface area (Å²) >= 11 is 2.05. The van der Waals surface area contributed by atoms with Crippen LogP contribution in [0.5, 0.6) is 0 Å². The Bertz CT molecular complexity index is 3320. The van der Waals surface area contributed by atoms with Crippen LogP contribution in [0.15, 0.2) is 158 Å². The zero-order valence-electron chi connectivity index (χ0n) is 34.7. The molecule has 67 heavy (non-hydrogen) atoms. The molecule has 0 fully saturated rings. The van der Waals surface area contributed by atoms with Gasteiger partial charge in [0, 0.05) is 20.6 Å². The van der Waals surface area contributed by atoms with Gasteiger partial charge in [-0.2, -0.15) is 26.3 Å². The number of hydrogen-bond acceptors (Lipinski definition) is 3. The Kier molecular flexibility index (Phi) is 12.4. The van der Waals surface area contributed by atoms with Crippen LogP contribution in [0.25, 0.3) is 80.8 Å². The summed E-state index contributed by atoms with van der Waals surface area (Å²) < 4.78 is 88.8. The summed E-state index contributed by atoms with van der Waals surface area (Å²) in [5.74, 6) is 0. The number of halogens is 7. The number of hydrogen-bond donors (Lipinski definition) is 0. The summed E-state index contributed by atoms with van der Waals surface area (Å²) in [7, 11) is 0. The van der Waals surface area contributed by atoms with Crippen LogP contribution in [0, 0.1) is 3.57 Å². The first-order chi connectivity index (χ1) is 31.9. The number of anilines is 3. The molecule has 0 aliphatic carbocycles. The number of para-hydroxylation sites is 2. The molecule has 0 saturated heterocycles. The maximum atomic E-state index is 14.7. The van der Waals surface area contributed by atoms with Crippen molar-refractivity contribution >= 4 is 98.2 Å². The average Bonchev–Trinajstić information content (AvgIpc) is 4.17. The van der Waals surface area contributed by atoms with Crippen LogP contribution in [0.3, 0.4) is 0 Å². The van der Waals surface area contributed by atoms with E-state index in [2.05, 4.69) is 27.5 Å². The second-order valence-electron chi connectivity index (χ2n) is 15.4. The maximum Gasteiger partial charge on any atom is 2.00 e. The van der Waals surface area contributed by atoms with Gasteiger partial charge >= 0.3 is 28.8 Å². The van der Waals surface area contributed by atoms with Gasteiger partial charge in [0.15, 0.2) is 0 Å². The molecule has 2 aliphatic rings. The molecule has 0 saturated carbocycles. The molecule has 332 valence electrons. The van der Waals surface area contributed by atoms with Crippen molar-refractivity contribution in [2.45, 2.75) is 12.4 Å². The monoisotopic (exact) mass is 1050 g/mol. The van der Waals surface area contributed by atoms with Crippen molar-refractivity contribution < 1.29 is 42.8 Å². The van der Waals surface area contributed by atoms with Crippen molar-refractivity contribution in [2.24, 2.45) is 0 Å². The number of rotatable bonds is 7. The molecule has 5 nitrogen and oxygen atoms in total. The molecule has 8 aromatic rings. The second kappa shape index (κ2) is 18.4. The zero-order valence-corrected chi connectivity index (χ0v) is 37.8. The molecular formula is C54H32F6IN5Ni. The molecule has 5 aromatic carbocycles. The quantitative estimate of drug-likeness (QED) is 0.0904. The van der Waals surface area contributed by atoms with Crippen LogP contribution in [0.1, 0.15) is 45.0 Å². The van der Waals surface area contributed by atoms with Crippen molar-refractivity contribution in [1.29, 1.82) is 0 Å². The number of alkyl halides is 6. The van der Waals surface area contributed by atoms with E-state index in [9.17, 15) is 26.3 Å².